The van der Waals surface area contributed by atoms with Gasteiger partial charge < -0.3 is 14.0 Å². The Kier molecular flexibility index (Phi) is 6.60. The third-order valence-corrected chi connectivity index (χ3v) is 6.17. The normalized spacial score (nSPS) is 11.9. The molecule has 1 heterocycles. The molecule has 0 fully saturated rings. The van der Waals surface area contributed by atoms with E-state index in [2.05, 4.69) is 4.99 Å². The van der Waals surface area contributed by atoms with Crippen LogP contribution >= 0.6 is 11.3 Å². The molecular weight excluding hydrogens is 408 g/mol. The van der Waals surface area contributed by atoms with E-state index in [1.807, 2.05) is 83.4 Å². The number of fused-ring (bicyclic) bond motifs is 1. The van der Waals surface area contributed by atoms with Crippen LogP contribution in [0.2, 0.25) is 0 Å². The molecule has 0 saturated carbocycles. The minimum atomic E-state index is -0.467. The van der Waals surface area contributed by atoms with Gasteiger partial charge in [-0.15, -0.1) is 0 Å². The molecule has 0 radical (unpaired) electrons. The molecule has 31 heavy (non-hydrogen) atoms. The van der Waals surface area contributed by atoms with Crippen LogP contribution < -0.4 is 9.54 Å². The second kappa shape index (κ2) is 9.73. The number of aromatic nitrogens is 1. The Labute approximate surface area is 185 Å². The van der Waals surface area contributed by atoms with Crippen molar-refractivity contribution in [3.8, 4) is 5.75 Å². The molecular formula is C25H24N2O3S. The van der Waals surface area contributed by atoms with Crippen LogP contribution in [-0.2, 0) is 16.1 Å². The van der Waals surface area contributed by atoms with E-state index in [4.69, 9.17) is 9.47 Å². The molecule has 0 unspecified atom stereocenters. The van der Waals surface area contributed by atoms with Crippen LogP contribution in [-0.4, -0.2) is 31.3 Å². The molecule has 0 bridgehead atoms. The summed E-state index contributed by atoms with van der Waals surface area (Å²) in [7, 11) is 3.31. The molecule has 1 amide bonds. The van der Waals surface area contributed by atoms with Gasteiger partial charge in [-0.25, -0.2) is 0 Å². The maximum absolute atomic E-state index is 13.5. The second-order valence-corrected chi connectivity index (χ2v) is 8.05. The predicted molar refractivity (Wildman–Crippen MR) is 124 cm³/mol. The van der Waals surface area contributed by atoms with Crippen LogP contribution in [0.25, 0.3) is 10.2 Å². The van der Waals surface area contributed by atoms with Gasteiger partial charge in [-0.1, -0.05) is 78.1 Å². The Morgan fingerprint density at radius 2 is 1.58 bits per heavy atom. The van der Waals surface area contributed by atoms with Crippen molar-refractivity contribution in [1.29, 1.82) is 0 Å². The number of amides is 1. The number of hydrogen-bond acceptors (Lipinski definition) is 4. The summed E-state index contributed by atoms with van der Waals surface area (Å²) in [5.74, 6) is 0.0842. The number of thiazole rings is 1. The Balaban J connectivity index is 1.87. The fraction of sp³-hybridized carbons (Fsp3) is 0.200. The molecule has 0 N–H and O–H groups in total. The highest BCUT2D eigenvalue weighted by Crippen LogP contribution is 2.29. The smallest absolute Gasteiger partial charge is 0.260 e. The largest absolute Gasteiger partial charge is 0.495 e. The summed E-state index contributed by atoms with van der Waals surface area (Å²) in [5.41, 5.74) is 2.77. The van der Waals surface area contributed by atoms with Crippen molar-refractivity contribution >= 4 is 27.5 Å². The first-order valence-electron chi connectivity index (χ1n) is 10.1. The molecule has 0 atom stereocenters. The molecule has 1 aromatic heterocycles. The number of methoxy groups -OCH3 is 2. The molecule has 0 spiro atoms. The van der Waals surface area contributed by atoms with Gasteiger partial charge in [0.05, 0.1) is 24.3 Å². The number of para-hydroxylation sites is 1. The van der Waals surface area contributed by atoms with Gasteiger partial charge in [0.1, 0.15) is 11.3 Å². The minimum Gasteiger partial charge on any atom is -0.495 e. The van der Waals surface area contributed by atoms with E-state index in [0.29, 0.717) is 18.0 Å². The van der Waals surface area contributed by atoms with Gasteiger partial charge in [0.25, 0.3) is 5.91 Å². The van der Waals surface area contributed by atoms with E-state index in [1.54, 1.807) is 14.2 Å². The fourth-order valence-corrected chi connectivity index (χ4v) is 4.74. The molecule has 0 saturated heterocycles. The number of nitrogens with zero attached hydrogens (tertiary/aromatic N) is 2. The van der Waals surface area contributed by atoms with E-state index in [0.717, 1.165) is 27.1 Å². The van der Waals surface area contributed by atoms with Crippen LogP contribution in [0.3, 0.4) is 0 Å². The zero-order chi connectivity index (χ0) is 21.6. The number of benzene rings is 3. The summed E-state index contributed by atoms with van der Waals surface area (Å²) in [6.45, 7) is 1.08. The minimum absolute atomic E-state index is 0.200. The van der Waals surface area contributed by atoms with Crippen molar-refractivity contribution in [2.24, 2.45) is 4.99 Å². The Morgan fingerprint density at radius 3 is 2.16 bits per heavy atom. The lowest BCUT2D eigenvalue weighted by Gasteiger charge is -2.14. The van der Waals surface area contributed by atoms with Gasteiger partial charge in [0.2, 0.25) is 0 Å². The van der Waals surface area contributed by atoms with Crippen molar-refractivity contribution in [3.63, 3.8) is 0 Å². The van der Waals surface area contributed by atoms with Crippen molar-refractivity contribution < 1.29 is 14.3 Å². The number of rotatable bonds is 7. The molecule has 4 aromatic rings. The summed E-state index contributed by atoms with van der Waals surface area (Å²) >= 11 is 1.48. The third kappa shape index (κ3) is 4.45. The summed E-state index contributed by atoms with van der Waals surface area (Å²) < 4.78 is 13.9. The van der Waals surface area contributed by atoms with Crippen LogP contribution in [0.15, 0.2) is 83.9 Å². The molecule has 158 valence electrons. The van der Waals surface area contributed by atoms with E-state index in [9.17, 15) is 4.79 Å². The van der Waals surface area contributed by atoms with Gasteiger partial charge in [-0.3, -0.25) is 4.79 Å². The van der Waals surface area contributed by atoms with Crippen LogP contribution in [0.1, 0.15) is 17.0 Å². The molecule has 6 heteroatoms. The number of hydrogen-bond donors (Lipinski definition) is 0. The molecule has 5 nitrogen and oxygen atoms in total. The summed E-state index contributed by atoms with van der Waals surface area (Å²) in [4.78, 5) is 18.8. The number of ether oxygens (including phenoxy) is 2. The van der Waals surface area contributed by atoms with Crippen molar-refractivity contribution in [2.75, 3.05) is 20.8 Å². The van der Waals surface area contributed by atoms with Gasteiger partial charge in [-0.05, 0) is 23.3 Å². The lowest BCUT2D eigenvalue weighted by Crippen LogP contribution is -2.22. The Hall–Kier alpha value is -3.22. The van der Waals surface area contributed by atoms with E-state index < -0.39 is 5.92 Å². The van der Waals surface area contributed by atoms with Crippen molar-refractivity contribution in [2.45, 2.75) is 12.5 Å². The van der Waals surface area contributed by atoms with Gasteiger partial charge in [0.15, 0.2) is 4.80 Å². The van der Waals surface area contributed by atoms with E-state index in [-0.39, 0.29) is 5.91 Å². The van der Waals surface area contributed by atoms with Gasteiger partial charge >= 0.3 is 0 Å². The topological polar surface area (TPSA) is 52.8 Å². The molecule has 0 aliphatic heterocycles. The quantitative estimate of drug-likeness (QED) is 0.428. The summed E-state index contributed by atoms with van der Waals surface area (Å²) in [6.07, 6.45) is 0. The third-order valence-electron chi connectivity index (χ3n) is 5.12. The van der Waals surface area contributed by atoms with Gasteiger partial charge in [-0.2, -0.15) is 4.99 Å². The maximum atomic E-state index is 13.5. The van der Waals surface area contributed by atoms with Crippen LogP contribution in [0.4, 0.5) is 0 Å². The number of carbonyl (C=O) groups excluding carboxylic acids is 1. The second-order valence-electron chi connectivity index (χ2n) is 7.04. The first kappa shape index (κ1) is 21.0. The lowest BCUT2D eigenvalue weighted by atomic mass is 9.91. The maximum Gasteiger partial charge on any atom is 0.260 e. The average molecular weight is 433 g/mol. The highest BCUT2D eigenvalue weighted by atomic mass is 32.1. The Bertz CT molecular complexity index is 1190. The Morgan fingerprint density at radius 1 is 0.935 bits per heavy atom. The van der Waals surface area contributed by atoms with Crippen LogP contribution in [0, 0.1) is 0 Å². The van der Waals surface area contributed by atoms with Crippen molar-refractivity contribution in [1.82, 2.24) is 4.57 Å². The van der Waals surface area contributed by atoms with Gasteiger partial charge in [0, 0.05) is 13.7 Å². The lowest BCUT2D eigenvalue weighted by molar-refractivity contribution is -0.118. The predicted octanol–water partition coefficient (Wildman–Crippen LogP) is 4.62. The molecule has 0 aliphatic rings. The number of carbonyl (C=O) groups is 1. The van der Waals surface area contributed by atoms with E-state index >= 15 is 0 Å². The highest BCUT2D eigenvalue weighted by molar-refractivity contribution is 7.16. The first-order valence-corrected chi connectivity index (χ1v) is 10.9. The fourth-order valence-electron chi connectivity index (χ4n) is 3.66. The van der Waals surface area contributed by atoms with Crippen LogP contribution in [0.5, 0.6) is 5.75 Å². The molecule has 3 aromatic carbocycles. The first-order chi connectivity index (χ1) is 15.2. The summed E-state index contributed by atoms with van der Waals surface area (Å²) in [6, 6.07) is 25.4. The standard InChI is InChI=1S/C25H24N2O3S/c1-29-17-16-27-23-20(30-2)14-9-15-21(23)31-25(27)26-24(28)22(18-10-5-3-6-11-18)19-12-7-4-8-13-19/h3-15,22H,16-17H2,1-2H3. The molecule has 0 aliphatic carbocycles. The zero-order valence-electron chi connectivity index (χ0n) is 17.5. The SMILES string of the molecule is COCCn1c(=NC(=O)C(c2ccccc2)c2ccccc2)sc2cccc(OC)c21. The average Bonchev–Trinajstić information content (AvgIpc) is 3.16. The summed E-state index contributed by atoms with van der Waals surface area (Å²) in [5, 5.41) is 0. The zero-order valence-corrected chi connectivity index (χ0v) is 18.3. The van der Waals surface area contributed by atoms with Crippen molar-refractivity contribution in [3.05, 3.63) is 94.8 Å². The molecule has 4 rings (SSSR count). The highest BCUT2D eigenvalue weighted by Gasteiger charge is 2.23. The monoisotopic (exact) mass is 432 g/mol. The van der Waals surface area contributed by atoms with E-state index in [1.165, 1.54) is 11.3 Å².